The number of imidazole rings is 1. The molecule has 31 heavy (non-hydrogen) atoms. The number of aromatic nitrogens is 4. The molecule has 0 aliphatic heterocycles. The molecular weight excluding hydrogens is 457 g/mol. The summed E-state index contributed by atoms with van der Waals surface area (Å²) in [5, 5.41) is 10.0. The van der Waals surface area contributed by atoms with Gasteiger partial charge >= 0.3 is 0 Å². The first-order chi connectivity index (χ1) is 15.0. The number of methoxy groups -OCH3 is 2. The summed E-state index contributed by atoms with van der Waals surface area (Å²) in [4.78, 5) is 12.9. The second-order valence-corrected chi connectivity index (χ2v) is 8.51. The lowest BCUT2D eigenvalue weighted by Gasteiger charge is -2.09. The van der Waals surface area contributed by atoms with Crippen molar-refractivity contribution in [1.29, 1.82) is 5.41 Å². The Bertz CT molecular complexity index is 1300. The average Bonchev–Trinajstić information content (AvgIpc) is 3.19. The van der Waals surface area contributed by atoms with Crippen LogP contribution in [-0.4, -0.2) is 33.7 Å². The maximum atomic E-state index is 8.16. The number of aromatic amines is 1. The molecule has 0 amide bonds. The molecule has 10 heteroatoms. The van der Waals surface area contributed by atoms with Gasteiger partial charge in [0.05, 0.1) is 25.4 Å². The number of hydrogen-bond acceptors (Lipinski definition) is 6. The van der Waals surface area contributed by atoms with Crippen LogP contribution in [0.15, 0.2) is 52.8 Å². The van der Waals surface area contributed by atoms with Crippen LogP contribution in [0.5, 0.6) is 11.5 Å². The zero-order valence-corrected chi connectivity index (χ0v) is 19.1. The maximum Gasteiger partial charge on any atom is 0.173 e. The summed E-state index contributed by atoms with van der Waals surface area (Å²) < 4.78 is 12.7. The molecule has 4 rings (SSSR count). The van der Waals surface area contributed by atoms with Gasteiger partial charge in [-0.2, -0.15) is 0 Å². The number of halogens is 2. The number of nitrogens with one attached hydrogen (secondary N) is 2. The minimum atomic E-state index is 0.132. The third-order valence-corrected chi connectivity index (χ3v) is 6.23. The topological polar surface area (TPSA) is 88.8 Å². The Morgan fingerprint density at radius 3 is 2.71 bits per heavy atom. The average molecular weight is 476 g/mol. The third kappa shape index (κ3) is 4.66. The van der Waals surface area contributed by atoms with Gasteiger partial charge in [0.1, 0.15) is 17.0 Å². The van der Waals surface area contributed by atoms with E-state index in [-0.39, 0.29) is 5.49 Å². The van der Waals surface area contributed by atoms with E-state index >= 15 is 0 Å². The molecule has 160 valence electrons. The van der Waals surface area contributed by atoms with Crippen molar-refractivity contribution in [1.82, 2.24) is 19.5 Å². The number of benzene rings is 2. The lowest BCUT2D eigenvalue weighted by atomic mass is 10.1. The number of H-pyrrole nitrogens is 1. The van der Waals surface area contributed by atoms with E-state index in [9.17, 15) is 0 Å². The molecule has 4 aromatic rings. The van der Waals surface area contributed by atoms with Gasteiger partial charge in [0.15, 0.2) is 16.3 Å². The molecule has 0 saturated carbocycles. The van der Waals surface area contributed by atoms with Crippen molar-refractivity contribution in [2.75, 3.05) is 14.2 Å². The Balaban J connectivity index is 1.65. The Morgan fingerprint density at radius 2 is 1.97 bits per heavy atom. The van der Waals surface area contributed by atoms with Crippen LogP contribution in [0.1, 0.15) is 5.56 Å². The van der Waals surface area contributed by atoms with Gasteiger partial charge in [-0.1, -0.05) is 29.3 Å². The monoisotopic (exact) mass is 475 g/mol. The second kappa shape index (κ2) is 9.21. The van der Waals surface area contributed by atoms with Gasteiger partial charge in [-0.3, -0.25) is 5.41 Å². The van der Waals surface area contributed by atoms with Crippen LogP contribution in [0.3, 0.4) is 0 Å². The van der Waals surface area contributed by atoms with Gasteiger partial charge in [0.2, 0.25) is 0 Å². The van der Waals surface area contributed by atoms with Crippen LogP contribution in [0.2, 0.25) is 10.0 Å². The van der Waals surface area contributed by atoms with Crippen molar-refractivity contribution in [2.24, 2.45) is 0 Å². The summed E-state index contributed by atoms with van der Waals surface area (Å²) >= 11 is 13.7. The number of nitrogens with zero attached hydrogens (tertiary/aromatic N) is 3. The summed E-state index contributed by atoms with van der Waals surface area (Å²) in [7, 11) is 3.23. The summed E-state index contributed by atoms with van der Waals surface area (Å²) in [5.41, 5.74) is 2.32. The van der Waals surface area contributed by atoms with E-state index in [1.165, 1.54) is 11.8 Å². The Kier molecular flexibility index (Phi) is 6.41. The molecule has 7 nitrogen and oxygen atoms in total. The molecule has 0 radical (unpaired) electrons. The largest absolute Gasteiger partial charge is 0.497 e. The predicted octanol–water partition coefficient (Wildman–Crippen LogP) is 4.96. The van der Waals surface area contributed by atoms with E-state index in [4.69, 9.17) is 43.1 Å². The minimum Gasteiger partial charge on any atom is -0.497 e. The second-order valence-electron chi connectivity index (χ2n) is 6.63. The lowest BCUT2D eigenvalue weighted by Crippen LogP contribution is -2.13. The highest BCUT2D eigenvalue weighted by atomic mass is 35.5. The molecule has 0 saturated heterocycles. The van der Waals surface area contributed by atoms with Crippen molar-refractivity contribution < 1.29 is 9.47 Å². The first-order valence-corrected chi connectivity index (χ1v) is 10.9. The third-order valence-electron chi connectivity index (χ3n) is 4.71. The molecule has 0 bridgehead atoms. The molecule has 2 N–H and O–H groups in total. The van der Waals surface area contributed by atoms with E-state index in [0.717, 1.165) is 16.2 Å². The number of rotatable bonds is 7. The summed E-state index contributed by atoms with van der Waals surface area (Å²) in [5.74, 6) is 1.43. The van der Waals surface area contributed by atoms with Crippen LogP contribution in [0, 0.1) is 5.41 Å². The lowest BCUT2D eigenvalue weighted by molar-refractivity contribution is 0.394. The van der Waals surface area contributed by atoms with Crippen LogP contribution < -0.4 is 15.0 Å². The molecule has 0 aliphatic rings. The molecule has 2 aromatic heterocycles. The van der Waals surface area contributed by atoms with Gasteiger partial charge in [-0.25, -0.2) is 9.97 Å². The fraction of sp³-hybridized carbons (Fsp3) is 0.190. The highest BCUT2D eigenvalue weighted by Gasteiger charge is 2.14. The molecule has 2 heterocycles. The maximum absolute atomic E-state index is 8.16. The fourth-order valence-electron chi connectivity index (χ4n) is 3.11. The Labute approximate surface area is 192 Å². The number of ether oxygens (including phenoxy) is 2. The van der Waals surface area contributed by atoms with Crippen LogP contribution in [0.4, 0.5) is 0 Å². The molecule has 0 fully saturated rings. The van der Waals surface area contributed by atoms with Gasteiger partial charge < -0.3 is 19.0 Å². The van der Waals surface area contributed by atoms with E-state index in [2.05, 4.69) is 9.97 Å². The van der Waals surface area contributed by atoms with Crippen LogP contribution in [0.25, 0.3) is 11.2 Å². The van der Waals surface area contributed by atoms with Gasteiger partial charge in [0.25, 0.3) is 0 Å². The van der Waals surface area contributed by atoms with Crippen LogP contribution in [-0.2, 0) is 13.0 Å². The zero-order chi connectivity index (χ0) is 22.0. The first-order valence-electron chi connectivity index (χ1n) is 9.32. The zero-order valence-electron chi connectivity index (χ0n) is 16.8. The standard InChI is InChI=1S/C21H19Cl2N5O2S/c1-29-14-5-6-16(30-2)17(10-14)31-21-26-18-19(24)25-11-28(20(18)27-21)8-7-12-3-4-13(22)9-15(12)23/h3-6,9-11,24H,7-8H2,1-2H3,(H,26,27). The Morgan fingerprint density at radius 1 is 1.13 bits per heavy atom. The van der Waals surface area contributed by atoms with E-state index in [0.29, 0.717) is 45.1 Å². The van der Waals surface area contributed by atoms with Crippen LogP contribution >= 0.6 is 35.0 Å². The van der Waals surface area contributed by atoms with E-state index in [1.807, 2.05) is 34.9 Å². The van der Waals surface area contributed by atoms with Crippen molar-refractivity contribution >= 4 is 46.1 Å². The fourth-order valence-corrected chi connectivity index (χ4v) is 4.53. The van der Waals surface area contributed by atoms with Crippen molar-refractivity contribution in [3.8, 4) is 11.5 Å². The van der Waals surface area contributed by atoms with Crippen molar-refractivity contribution in [3.05, 3.63) is 63.8 Å². The summed E-state index contributed by atoms with van der Waals surface area (Å²) in [6.45, 7) is 0.600. The molecule has 0 atom stereocenters. The molecule has 0 unspecified atom stereocenters. The van der Waals surface area contributed by atoms with Crippen molar-refractivity contribution in [2.45, 2.75) is 23.0 Å². The van der Waals surface area contributed by atoms with E-state index in [1.54, 1.807) is 26.6 Å². The smallest absolute Gasteiger partial charge is 0.173 e. The van der Waals surface area contributed by atoms with Gasteiger partial charge in [-0.15, -0.1) is 0 Å². The van der Waals surface area contributed by atoms with Gasteiger partial charge in [-0.05, 0) is 54.1 Å². The molecule has 0 spiro atoms. The molecule has 0 aliphatic carbocycles. The number of fused-ring (bicyclic) bond motifs is 1. The normalized spacial score (nSPS) is 11.1. The summed E-state index contributed by atoms with van der Waals surface area (Å²) in [6, 6.07) is 11.0. The number of aryl methyl sites for hydroxylation is 2. The summed E-state index contributed by atoms with van der Waals surface area (Å²) in [6.07, 6.45) is 2.30. The first kappa shape index (κ1) is 21.5. The number of hydrogen-bond donors (Lipinski definition) is 2. The minimum absolute atomic E-state index is 0.132. The van der Waals surface area contributed by atoms with Gasteiger partial charge in [0, 0.05) is 16.6 Å². The predicted molar refractivity (Wildman–Crippen MR) is 122 cm³/mol. The van der Waals surface area contributed by atoms with Crippen molar-refractivity contribution in [3.63, 3.8) is 0 Å². The quantitative estimate of drug-likeness (QED) is 0.394. The van der Waals surface area contributed by atoms with E-state index < -0.39 is 0 Å². The Hall–Kier alpha value is -2.68. The SMILES string of the molecule is COc1ccc(OC)c(Sc2nc3c([nH]2)c(=N)ncn3CCc2ccc(Cl)cc2Cl)c1. The highest BCUT2D eigenvalue weighted by Crippen LogP contribution is 2.36. The molecular formula is C21H19Cl2N5O2S. The molecule has 2 aromatic carbocycles. The highest BCUT2D eigenvalue weighted by molar-refractivity contribution is 7.99.